The summed E-state index contributed by atoms with van der Waals surface area (Å²) in [5.41, 5.74) is 2.90. The van der Waals surface area contributed by atoms with Crippen molar-refractivity contribution in [2.75, 3.05) is 0 Å². The molecule has 1 aromatic rings. The molecule has 4 rings (SSSR count). The first-order valence-electron chi connectivity index (χ1n) is 10.6. The highest BCUT2D eigenvalue weighted by atomic mass is 16.5. The Morgan fingerprint density at radius 2 is 1.82 bits per heavy atom. The molecule has 0 aromatic carbocycles. The van der Waals surface area contributed by atoms with Crippen LogP contribution in [0.1, 0.15) is 82.1 Å². The zero-order valence-electron chi connectivity index (χ0n) is 16.8. The first kappa shape index (κ1) is 19.0. The van der Waals surface area contributed by atoms with Crippen molar-refractivity contribution in [1.82, 2.24) is 5.32 Å². The molecule has 1 saturated carbocycles. The number of carbonyl (C=O) groups excluding carboxylic acids is 2. The fraction of sp³-hybridized carbons (Fsp3) is 0.565. The molecule has 1 atom stereocenters. The predicted octanol–water partition coefficient (Wildman–Crippen LogP) is 4.82. The lowest BCUT2D eigenvalue weighted by Gasteiger charge is -2.33. The van der Waals surface area contributed by atoms with Crippen molar-refractivity contribution in [3.8, 4) is 0 Å². The van der Waals surface area contributed by atoms with Gasteiger partial charge in [-0.25, -0.2) is 4.79 Å². The molecule has 28 heavy (non-hydrogen) atoms. The van der Waals surface area contributed by atoms with E-state index >= 15 is 0 Å². The van der Waals surface area contributed by atoms with Gasteiger partial charge in [0, 0.05) is 23.4 Å². The minimum absolute atomic E-state index is 0.0354. The average molecular weight is 383 g/mol. The molecule has 0 spiro atoms. The second kappa shape index (κ2) is 7.98. The third-order valence-corrected chi connectivity index (χ3v) is 6.12. The fourth-order valence-corrected chi connectivity index (χ4v) is 4.72. The summed E-state index contributed by atoms with van der Waals surface area (Å²) in [7, 11) is 0. The maximum Gasteiger partial charge on any atom is 0.337 e. The van der Waals surface area contributed by atoms with E-state index in [4.69, 9.17) is 9.15 Å². The maximum absolute atomic E-state index is 13.3. The van der Waals surface area contributed by atoms with Crippen LogP contribution in [0.25, 0.3) is 0 Å². The molecule has 150 valence electrons. The number of aryl methyl sites for hydroxylation is 1. The number of carbonyl (C=O) groups is 2. The van der Waals surface area contributed by atoms with Crippen molar-refractivity contribution < 1.29 is 18.7 Å². The number of nitrogens with one attached hydrogen (secondary N) is 1. The minimum atomic E-state index is -0.476. The van der Waals surface area contributed by atoms with Gasteiger partial charge < -0.3 is 14.5 Å². The Morgan fingerprint density at radius 1 is 1.07 bits per heavy atom. The van der Waals surface area contributed by atoms with Gasteiger partial charge in [0.1, 0.15) is 17.6 Å². The quantitative estimate of drug-likeness (QED) is 0.598. The van der Waals surface area contributed by atoms with Gasteiger partial charge in [-0.05, 0) is 64.5 Å². The third-order valence-electron chi connectivity index (χ3n) is 6.12. The van der Waals surface area contributed by atoms with E-state index in [1.165, 1.54) is 12.8 Å². The molecule has 5 nitrogen and oxygen atoms in total. The van der Waals surface area contributed by atoms with Gasteiger partial charge in [-0.1, -0.05) is 12.8 Å². The van der Waals surface area contributed by atoms with Gasteiger partial charge in [0.25, 0.3) is 0 Å². The van der Waals surface area contributed by atoms with Crippen molar-refractivity contribution in [2.45, 2.75) is 83.7 Å². The van der Waals surface area contributed by atoms with Crippen LogP contribution >= 0.6 is 0 Å². The average Bonchev–Trinajstić information content (AvgIpc) is 2.92. The highest BCUT2D eigenvalue weighted by Gasteiger charge is 2.41. The maximum atomic E-state index is 13.3. The molecule has 1 fully saturated rings. The summed E-state index contributed by atoms with van der Waals surface area (Å²) in [4.78, 5) is 26.1. The van der Waals surface area contributed by atoms with E-state index in [0.717, 1.165) is 55.7 Å². The van der Waals surface area contributed by atoms with Crippen LogP contribution in [0, 0.1) is 6.92 Å². The summed E-state index contributed by atoms with van der Waals surface area (Å²) in [6, 6.07) is 3.76. The smallest absolute Gasteiger partial charge is 0.337 e. The number of hydrogen-bond acceptors (Lipinski definition) is 5. The molecule has 2 aliphatic carbocycles. The van der Waals surface area contributed by atoms with Gasteiger partial charge in [-0.15, -0.1) is 0 Å². The number of ketones is 1. The van der Waals surface area contributed by atoms with Crippen LogP contribution in [0.15, 0.2) is 39.1 Å². The van der Waals surface area contributed by atoms with Crippen LogP contribution in [-0.2, 0) is 14.3 Å². The summed E-state index contributed by atoms with van der Waals surface area (Å²) < 4.78 is 11.8. The normalized spacial score (nSPS) is 23.9. The molecule has 1 N–H and O–H groups in total. The molecule has 0 radical (unpaired) electrons. The number of dihydropyridines is 1. The summed E-state index contributed by atoms with van der Waals surface area (Å²) in [6.07, 6.45) is 8.58. The lowest BCUT2D eigenvalue weighted by atomic mass is 9.77. The Bertz CT molecular complexity index is 837. The van der Waals surface area contributed by atoms with E-state index in [1.807, 2.05) is 26.0 Å². The van der Waals surface area contributed by atoms with Crippen molar-refractivity contribution in [2.24, 2.45) is 0 Å². The SMILES string of the molecule is CC1=C(C(=O)OC2CCCCCC2)[C@H](c2ccc(C)o2)C2=C(CCCC2=O)N1. The molecule has 0 amide bonds. The van der Waals surface area contributed by atoms with Gasteiger partial charge in [-0.2, -0.15) is 0 Å². The Kier molecular flexibility index (Phi) is 5.42. The molecule has 3 aliphatic rings. The summed E-state index contributed by atoms with van der Waals surface area (Å²) in [6.45, 7) is 3.78. The van der Waals surface area contributed by atoms with E-state index < -0.39 is 5.92 Å². The summed E-state index contributed by atoms with van der Waals surface area (Å²) in [5, 5.41) is 3.33. The van der Waals surface area contributed by atoms with Crippen molar-refractivity contribution in [1.29, 1.82) is 0 Å². The van der Waals surface area contributed by atoms with Gasteiger partial charge in [0.2, 0.25) is 0 Å². The molecular formula is C23H29NO4. The fourth-order valence-electron chi connectivity index (χ4n) is 4.72. The Morgan fingerprint density at radius 3 is 2.50 bits per heavy atom. The molecular weight excluding hydrogens is 354 g/mol. The van der Waals surface area contributed by atoms with Crippen molar-refractivity contribution >= 4 is 11.8 Å². The third kappa shape index (κ3) is 3.67. The number of rotatable bonds is 3. The first-order chi connectivity index (χ1) is 13.5. The lowest BCUT2D eigenvalue weighted by Crippen LogP contribution is -2.35. The Balaban J connectivity index is 1.69. The van der Waals surface area contributed by atoms with Crippen LogP contribution in [-0.4, -0.2) is 17.9 Å². The van der Waals surface area contributed by atoms with Crippen molar-refractivity contribution in [3.63, 3.8) is 0 Å². The second-order valence-corrected chi connectivity index (χ2v) is 8.23. The van der Waals surface area contributed by atoms with Crippen LogP contribution in [0.2, 0.25) is 0 Å². The number of allylic oxidation sites excluding steroid dienone is 3. The number of furan rings is 1. The summed E-state index contributed by atoms with van der Waals surface area (Å²) >= 11 is 0. The number of esters is 1. The van der Waals surface area contributed by atoms with Crippen molar-refractivity contribution in [3.05, 3.63) is 46.2 Å². The lowest BCUT2D eigenvalue weighted by molar-refractivity contribution is -0.145. The second-order valence-electron chi connectivity index (χ2n) is 8.23. The minimum Gasteiger partial charge on any atom is -0.465 e. The Hall–Kier alpha value is -2.30. The van der Waals surface area contributed by atoms with Crippen LogP contribution < -0.4 is 5.32 Å². The van der Waals surface area contributed by atoms with E-state index in [2.05, 4.69) is 5.32 Å². The Labute approximate surface area is 166 Å². The number of hydrogen-bond donors (Lipinski definition) is 1. The zero-order chi connectivity index (χ0) is 19.7. The molecule has 0 saturated heterocycles. The number of ether oxygens (including phenoxy) is 1. The van der Waals surface area contributed by atoms with Crippen LogP contribution in [0.4, 0.5) is 0 Å². The van der Waals surface area contributed by atoms with Crippen LogP contribution in [0.5, 0.6) is 0 Å². The van der Waals surface area contributed by atoms with Gasteiger partial charge in [-0.3, -0.25) is 4.79 Å². The number of Topliss-reactive ketones (excluding diaryl/α,β-unsaturated/α-hetero) is 1. The van der Waals surface area contributed by atoms with Gasteiger partial charge in [0.15, 0.2) is 5.78 Å². The zero-order valence-corrected chi connectivity index (χ0v) is 16.8. The molecule has 1 aliphatic heterocycles. The largest absolute Gasteiger partial charge is 0.465 e. The van der Waals surface area contributed by atoms with Gasteiger partial charge >= 0.3 is 5.97 Å². The summed E-state index contributed by atoms with van der Waals surface area (Å²) in [5.74, 6) is 0.721. The van der Waals surface area contributed by atoms with E-state index in [9.17, 15) is 9.59 Å². The highest BCUT2D eigenvalue weighted by molar-refractivity contribution is 6.03. The van der Waals surface area contributed by atoms with E-state index in [1.54, 1.807) is 0 Å². The highest BCUT2D eigenvalue weighted by Crippen LogP contribution is 2.43. The van der Waals surface area contributed by atoms with E-state index in [0.29, 0.717) is 23.3 Å². The van der Waals surface area contributed by atoms with Gasteiger partial charge in [0.05, 0.1) is 11.5 Å². The molecule has 1 aromatic heterocycles. The molecule has 0 unspecified atom stereocenters. The van der Waals surface area contributed by atoms with Crippen LogP contribution in [0.3, 0.4) is 0 Å². The predicted molar refractivity (Wildman–Crippen MR) is 105 cm³/mol. The monoisotopic (exact) mass is 383 g/mol. The standard InChI is InChI=1S/C23H29NO4/c1-14-12-13-19(27-14)22-20(23(26)28-16-8-5-3-4-6-9-16)15(2)24-17-10-7-11-18(25)21(17)22/h12-13,16,22,24H,3-11H2,1-2H3/t22-/m0/s1. The molecule has 5 heteroatoms. The van der Waals surface area contributed by atoms with E-state index in [-0.39, 0.29) is 17.9 Å². The topological polar surface area (TPSA) is 68.5 Å². The molecule has 2 heterocycles. The molecule has 0 bridgehead atoms. The first-order valence-corrected chi connectivity index (χ1v) is 10.6.